The number of amides is 5. The number of piperidine rings is 2. The Bertz CT molecular complexity index is 2220. The average Bonchev–Trinajstić information content (AvgIpc) is 3.60. The van der Waals surface area contributed by atoms with Crippen molar-refractivity contribution >= 4 is 52.4 Å². The van der Waals surface area contributed by atoms with Crippen LogP contribution in [0.15, 0.2) is 48.6 Å². The summed E-state index contributed by atoms with van der Waals surface area (Å²) in [5, 5.41) is 33.2. The molecular formula is C50H70ClN11O5. The largest absolute Gasteiger partial charge is 0.389 e. The van der Waals surface area contributed by atoms with E-state index in [1.165, 1.54) is 41.8 Å². The summed E-state index contributed by atoms with van der Waals surface area (Å²) in [6.45, 7) is 12.1. The van der Waals surface area contributed by atoms with Gasteiger partial charge < -0.3 is 20.2 Å². The van der Waals surface area contributed by atoms with Gasteiger partial charge in [0, 0.05) is 88.3 Å². The normalized spacial score (nSPS) is 31.5. The van der Waals surface area contributed by atoms with Crippen molar-refractivity contribution in [1.29, 1.82) is 0 Å². The van der Waals surface area contributed by atoms with E-state index in [0.717, 1.165) is 90.0 Å². The van der Waals surface area contributed by atoms with E-state index in [2.05, 4.69) is 78.7 Å². The number of piperazine rings is 1. The van der Waals surface area contributed by atoms with Gasteiger partial charge in [-0.3, -0.25) is 50.5 Å². The van der Waals surface area contributed by atoms with Crippen molar-refractivity contribution in [2.75, 3.05) is 80.6 Å². The monoisotopic (exact) mass is 940 g/mol. The van der Waals surface area contributed by atoms with Crippen LogP contribution in [-0.4, -0.2) is 144 Å². The molecule has 7 heterocycles. The summed E-state index contributed by atoms with van der Waals surface area (Å²) in [6.07, 6.45) is 15.2. The number of urea groups is 1. The molecule has 5 amide bonds. The zero-order chi connectivity index (χ0) is 46.5. The third-order valence-electron chi connectivity index (χ3n) is 16.7. The number of halogens is 1. The maximum atomic E-state index is 13.9. The molecule has 362 valence electrons. The van der Waals surface area contributed by atoms with Crippen molar-refractivity contribution in [3.05, 3.63) is 64.7 Å². The van der Waals surface area contributed by atoms with Gasteiger partial charge in [-0.05, 0) is 132 Å². The van der Waals surface area contributed by atoms with E-state index in [0.29, 0.717) is 47.1 Å². The number of aryl methyl sites for hydroxylation is 1. The smallest absolute Gasteiger partial charge is 0.328 e. The summed E-state index contributed by atoms with van der Waals surface area (Å²) in [7, 11) is 0. The van der Waals surface area contributed by atoms with E-state index < -0.39 is 11.6 Å². The van der Waals surface area contributed by atoms with Crippen molar-refractivity contribution in [3.63, 3.8) is 0 Å². The predicted molar refractivity (Wildman–Crippen MR) is 259 cm³/mol. The zero-order valence-corrected chi connectivity index (χ0v) is 40.0. The van der Waals surface area contributed by atoms with Gasteiger partial charge in [-0.2, -0.15) is 5.01 Å². The number of aliphatic hydroxyl groups is 1. The van der Waals surface area contributed by atoms with Gasteiger partial charge in [0.25, 0.3) is 5.91 Å². The van der Waals surface area contributed by atoms with Crippen molar-refractivity contribution in [2.45, 2.75) is 121 Å². The van der Waals surface area contributed by atoms with Gasteiger partial charge in [-0.15, -0.1) is 0 Å². The minimum Gasteiger partial charge on any atom is -0.389 e. The Hall–Kier alpha value is -4.29. The van der Waals surface area contributed by atoms with Crippen LogP contribution in [0.5, 0.6) is 0 Å². The molecule has 10 rings (SSSR count). The Morgan fingerprint density at radius 3 is 2.45 bits per heavy atom. The average molecular weight is 941 g/mol. The number of carbonyl (C=O) groups excluding carboxylic acids is 4. The fourth-order valence-corrected chi connectivity index (χ4v) is 12.7. The van der Waals surface area contributed by atoms with Crippen LogP contribution in [0, 0.1) is 24.2 Å². The molecule has 16 nitrogen and oxygen atoms in total. The number of nitrogens with one attached hydrogen (secondary N) is 5. The number of imide groups is 1. The van der Waals surface area contributed by atoms with Gasteiger partial charge in [-0.1, -0.05) is 29.8 Å². The molecule has 2 aromatic carbocycles. The standard InChI is InChI=1S/C50H70ClN11O5/c1-33-9-11-36(53-47-52-31-37-44(56-47)62-42-8-6-7-41(54-42)49(2,67)16-4-3-5-21-61(62)46(37)65)30-39(33)58-27-25-57(26-28-58)32-34-13-17-50(18-14-34)19-23-59(24-20-50)45(64)35-10-12-38(51)40(29-35)60-22-15-43(63)55-48(60)66/h3,5,9-12,29-30,34,37,41-42,44,47,52-54,56,67H,4,6-8,13-28,31-32H2,1-2H3,(H,55,63,66)/b5-3-/t37?,41?,42?,44?,47?,49-/m1/s1. The molecule has 1 aliphatic carbocycles. The lowest BCUT2D eigenvalue weighted by Gasteiger charge is -2.47. The molecule has 1 saturated carbocycles. The molecule has 7 aliphatic heterocycles. The number of carbonyl (C=O) groups is 4. The Morgan fingerprint density at radius 1 is 0.881 bits per heavy atom. The molecule has 6 N–H and O–H groups in total. The highest BCUT2D eigenvalue weighted by molar-refractivity contribution is 6.34. The summed E-state index contributed by atoms with van der Waals surface area (Å²) in [5.74, 6) is 0.270. The first-order valence-electron chi connectivity index (χ1n) is 25.1. The number of nitrogens with zero attached hydrogens (tertiary/aromatic N) is 6. The number of anilines is 3. The number of hydrazine groups is 1. The Balaban J connectivity index is 0.694. The molecule has 7 fully saturated rings. The molecule has 67 heavy (non-hydrogen) atoms. The number of allylic oxidation sites excluding steroid dienone is 1. The second-order valence-corrected chi connectivity index (χ2v) is 21.4. The molecule has 5 unspecified atom stereocenters. The van der Waals surface area contributed by atoms with Crippen LogP contribution >= 0.6 is 11.6 Å². The fourth-order valence-electron chi connectivity index (χ4n) is 12.5. The molecule has 0 radical (unpaired) electrons. The maximum Gasteiger partial charge on any atom is 0.328 e. The van der Waals surface area contributed by atoms with Gasteiger partial charge in [0.15, 0.2) is 0 Å². The van der Waals surface area contributed by atoms with Crippen molar-refractivity contribution in [1.82, 2.24) is 41.1 Å². The van der Waals surface area contributed by atoms with Crippen molar-refractivity contribution in [3.8, 4) is 0 Å². The van der Waals surface area contributed by atoms with Crippen LogP contribution < -0.4 is 36.4 Å². The van der Waals surface area contributed by atoms with E-state index >= 15 is 0 Å². The lowest BCUT2D eigenvalue weighted by atomic mass is 9.65. The zero-order valence-electron chi connectivity index (χ0n) is 39.3. The molecular weight excluding hydrogens is 870 g/mol. The maximum absolute atomic E-state index is 13.9. The molecule has 6 atom stereocenters. The lowest BCUT2D eigenvalue weighted by Crippen LogP contribution is -2.69. The summed E-state index contributed by atoms with van der Waals surface area (Å²) in [6, 6.07) is 11.2. The first-order valence-corrected chi connectivity index (χ1v) is 25.5. The summed E-state index contributed by atoms with van der Waals surface area (Å²) >= 11 is 6.46. The Morgan fingerprint density at radius 2 is 1.67 bits per heavy atom. The van der Waals surface area contributed by atoms with Crippen molar-refractivity contribution in [2.24, 2.45) is 17.3 Å². The third kappa shape index (κ3) is 9.69. The minimum absolute atomic E-state index is 0.0256. The first-order chi connectivity index (χ1) is 32.3. The number of rotatable bonds is 7. The summed E-state index contributed by atoms with van der Waals surface area (Å²) in [4.78, 5) is 60.4. The molecule has 17 heteroatoms. The van der Waals surface area contributed by atoms with Gasteiger partial charge in [0.1, 0.15) is 6.29 Å². The van der Waals surface area contributed by atoms with E-state index in [9.17, 15) is 24.3 Å². The van der Waals surface area contributed by atoms with Crippen LogP contribution in [0.25, 0.3) is 0 Å². The third-order valence-corrected chi connectivity index (χ3v) is 17.0. The molecule has 2 aromatic rings. The summed E-state index contributed by atoms with van der Waals surface area (Å²) < 4.78 is 0. The number of likely N-dealkylation sites (tertiary alicyclic amines) is 1. The van der Waals surface area contributed by atoms with Crippen LogP contribution in [-0.2, 0) is 9.59 Å². The number of fused-ring (bicyclic) bond motifs is 6. The van der Waals surface area contributed by atoms with Gasteiger partial charge in [0.2, 0.25) is 11.8 Å². The minimum atomic E-state index is -0.814. The molecule has 6 saturated heterocycles. The van der Waals surface area contributed by atoms with Crippen LogP contribution in [0.2, 0.25) is 5.02 Å². The second kappa shape index (κ2) is 19.2. The Kier molecular flexibility index (Phi) is 13.3. The number of benzene rings is 2. The molecule has 2 bridgehead atoms. The highest BCUT2D eigenvalue weighted by Gasteiger charge is 2.53. The quantitative estimate of drug-likeness (QED) is 0.211. The highest BCUT2D eigenvalue weighted by atomic mass is 35.5. The van der Waals surface area contributed by atoms with Gasteiger partial charge in [-0.25, -0.2) is 4.79 Å². The van der Waals surface area contributed by atoms with E-state index in [1.54, 1.807) is 18.2 Å². The number of hydrogen-bond acceptors (Lipinski definition) is 12. The van der Waals surface area contributed by atoms with Crippen LogP contribution in [0.3, 0.4) is 0 Å². The van der Waals surface area contributed by atoms with Gasteiger partial charge in [0.05, 0.1) is 41.1 Å². The van der Waals surface area contributed by atoms with E-state index in [1.807, 2.05) is 16.8 Å². The van der Waals surface area contributed by atoms with E-state index in [-0.39, 0.29) is 61.3 Å². The van der Waals surface area contributed by atoms with Crippen LogP contribution in [0.4, 0.5) is 21.9 Å². The fraction of sp³-hybridized carbons (Fsp3) is 0.640. The van der Waals surface area contributed by atoms with Gasteiger partial charge >= 0.3 is 6.03 Å². The van der Waals surface area contributed by atoms with Crippen LogP contribution in [0.1, 0.15) is 99.9 Å². The lowest BCUT2D eigenvalue weighted by molar-refractivity contribution is -0.146. The molecule has 0 aromatic heterocycles. The van der Waals surface area contributed by atoms with E-state index in [4.69, 9.17) is 11.6 Å². The SMILES string of the molecule is Cc1ccc(NC2NCC3C(=O)N4C/C=C\CC[C@@](C)(O)C5CCCC(N5)N4C3N2)cc1N1CCN(CC2CCC3(CC2)CCN(C(=O)c2ccc(Cl)c(N4CCC(=O)NC4=O)c2)CC3)CC1. The summed E-state index contributed by atoms with van der Waals surface area (Å²) in [5.41, 5.74) is 4.01. The molecule has 8 aliphatic rings. The second-order valence-electron chi connectivity index (χ2n) is 21.0. The number of hydrogen-bond donors (Lipinski definition) is 6. The first kappa shape index (κ1) is 46.4. The topological polar surface area (TPSA) is 168 Å². The Labute approximate surface area is 400 Å². The van der Waals surface area contributed by atoms with Crippen molar-refractivity contribution < 1.29 is 24.3 Å². The highest BCUT2D eigenvalue weighted by Crippen LogP contribution is 2.47. The predicted octanol–water partition coefficient (Wildman–Crippen LogP) is 4.79. The molecule has 1 spiro atoms.